The quantitative estimate of drug-likeness (QED) is 0.685. The molecular formula is C17H19N5O2. The van der Waals surface area contributed by atoms with E-state index in [0.717, 1.165) is 5.56 Å². The molecule has 0 saturated carbocycles. The number of rotatable bonds is 4. The number of carbonyl (C=O) groups excluding carboxylic acids is 2. The Morgan fingerprint density at radius 2 is 1.62 bits per heavy atom. The van der Waals surface area contributed by atoms with E-state index in [-0.39, 0.29) is 23.9 Å². The van der Waals surface area contributed by atoms with Crippen molar-refractivity contribution in [3.05, 3.63) is 54.4 Å². The molecule has 1 aliphatic heterocycles. The molecule has 1 aliphatic rings. The molecule has 2 unspecified atom stereocenters. The van der Waals surface area contributed by atoms with Gasteiger partial charge in [0.25, 0.3) is 0 Å². The summed E-state index contributed by atoms with van der Waals surface area (Å²) >= 11 is 0. The molecule has 1 aromatic heterocycles. The molecule has 2 atom stereocenters. The molecule has 3 rings (SSSR count). The second-order valence-electron chi connectivity index (χ2n) is 5.66. The lowest BCUT2D eigenvalue weighted by atomic mass is 10.0. The Morgan fingerprint density at radius 3 is 2.25 bits per heavy atom. The molecule has 4 N–H and O–H groups in total. The lowest BCUT2D eigenvalue weighted by Gasteiger charge is -2.11. The van der Waals surface area contributed by atoms with Crippen molar-refractivity contribution in [2.24, 2.45) is 0 Å². The molecule has 1 saturated heterocycles. The molecule has 0 bridgehead atoms. The first-order valence-electron chi connectivity index (χ1n) is 7.71. The van der Waals surface area contributed by atoms with Gasteiger partial charge in [-0.15, -0.1) is 0 Å². The number of hydrazine groups is 1. The monoisotopic (exact) mass is 325 g/mol. The van der Waals surface area contributed by atoms with Crippen molar-refractivity contribution in [1.82, 2.24) is 15.8 Å². The number of aromatic nitrogens is 1. The zero-order valence-corrected chi connectivity index (χ0v) is 13.2. The summed E-state index contributed by atoms with van der Waals surface area (Å²) < 4.78 is 0. The number of nitrogens with one attached hydrogen (secondary N) is 4. The maximum absolute atomic E-state index is 12.4. The Kier molecular flexibility index (Phi) is 4.83. The lowest BCUT2D eigenvalue weighted by molar-refractivity contribution is -0.118. The summed E-state index contributed by atoms with van der Waals surface area (Å²) in [5, 5.41) is 5.56. The number of nitrogens with zero attached hydrogens (tertiary/aromatic N) is 1. The largest absolute Gasteiger partial charge is 0.326 e. The SMILES string of the molecule is CC(=O)Nc1ccc(NC(=O)C2CC(c3ccncc3)NN2)cc1. The molecule has 2 heterocycles. The number of amides is 2. The smallest absolute Gasteiger partial charge is 0.242 e. The Labute approximate surface area is 139 Å². The van der Waals surface area contributed by atoms with Gasteiger partial charge in [0.05, 0.1) is 0 Å². The number of carbonyl (C=O) groups is 2. The van der Waals surface area contributed by atoms with E-state index >= 15 is 0 Å². The van der Waals surface area contributed by atoms with Crippen LogP contribution in [0.5, 0.6) is 0 Å². The van der Waals surface area contributed by atoms with Gasteiger partial charge in [0.1, 0.15) is 6.04 Å². The van der Waals surface area contributed by atoms with Crippen molar-refractivity contribution in [1.29, 1.82) is 0 Å². The van der Waals surface area contributed by atoms with Crippen LogP contribution in [0.4, 0.5) is 11.4 Å². The number of hydrogen-bond donors (Lipinski definition) is 4. The molecule has 7 nitrogen and oxygen atoms in total. The molecule has 2 aromatic rings. The van der Waals surface area contributed by atoms with Crippen LogP contribution < -0.4 is 21.5 Å². The molecule has 1 fully saturated rings. The van der Waals surface area contributed by atoms with Crippen LogP contribution in [0.25, 0.3) is 0 Å². The number of hydrogen-bond acceptors (Lipinski definition) is 5. The summed E-state index contributed by atoms with van der Waals surface area (Å²) in [6.45, 7) is 1.45. The van der Waals surface area contributed by atoms with E-state index in [2.05, 4.69) is 26.5 Å². The van der Waals surface area contributed by atoms with Crippen LogP contribution >= 0.6 is 0 Å². The molecule has 0 aliphatic carbocycles. The van der Waals surface area contributed by atoms with Crippen LogP contribution in [0.15, 0.2) is 48.8 Å². The van der Waals surface area contributed by atoms with Gasteiger partial charge in [0, 0.05) is 36.7 Å². The minimum absolute atomic E-state index is 0.0749. The topological polar surface area (TPSA) is 95.2 Å². The van der Waals surface area contributed by atoms with Gasteiger partial charge in [-0.3, -0.25) is 14.6 Å². The summed E-state index contributed by atoms with van der Waals surface area (Å²) in [6.07, 6.45) is 4.13. The van der Waals surface area contributed by atoms with Crippen molar-refractivity contribution in [3.63, 3.8) is 0 Å². The van der Waals surface area contributed by atoms with E-state index in [9.17, 15) is 9.59 Å². The second-order valence-corrected chi connectivity index (χ2v) is 5.66. The Morgan fingerprint density at radius 1 is 1.00 bits per heavy atom. The third-order valence-electron chi connectivity index (χ3n) is 3.80. The molecule has 7 heteroatoms. The molecular weight excluding hydrogens is 306 g/mol. The first-order chi connectivity index (χ1) is 11.6. The van der Waals surface area contributed by atoms with E-state index < -0.39 is 0 Å². The fraction of sp³-hybridized carbons (Fsp3) is 0.235. The minimum atomic E-state index is -0.321. The Bertz CT molecular complexity index is 718. The van der Waals surface area contributed by atoms with E-state index in [4.69, 9.17) is 0 Å². The highest BCUT2D eigenvalue weighted by molar-refractivity contribution is 5.95. The molecule has 124 valence electrons. The van der Waals surface area contributed by atoms with Crippen LogP contribution in [0, 0.1) is 0 Å². The van der Waals surface area contributed by atoms with Crippen LogP contribution in [0.3, 0.4) is 0 Å². The third-order valence-corrected chi connectivity index (χ3v) is 3.80. The average Bonchev–Trinajstić information content (AvgIpc) is 3.07. The van der Waals surface area contributed by atoms with Gasteiger partial charge in [-0.2, -0.15) is 0 Å². The van der Waals surface area contributed by atoms with E-state index in [1.54, 1.807) is 36.7 Å². The zero-order chi connectivity index (χ0) is 16.9. The van der Waals surface area contributed by atoms with Gasteiger partial charge in [0.2, 0.25) is 11.8 Å². The van der Waals surface area contributed by atoms with Crippen molar-refractivity contribution in [2.75, 3.05) is 10.6 Å². The molecule has 24 heavy (non-hydrogen) atoms. The van der Waals surface area contributed by atoms with Crippen LogP contribution in [-0.4, -0.2) is 22.8 Å². The number of pyridine rings is 1. The summed E-state index contributed by atoms with van der Waals surface area (Å²) in [5.74, 6) is -0.235. The fourth-order valence-corrected chi connectivity index (χ4v) is 2.61. The first-order valence-corrected chi connectivity index (χ1v) is 7.71. The Balaban J connectivity index is 1.57. The highest BCUT2D eigenvalue weighted by atomic mass is 16.2. The summed E-state index contributed by atoms with van der Waals surface area (Å²) in [6, 6.07) is 10.6. The standard InChI is InChI=1S/C17H19N5O2/c1-11(23)19-13-2-4-14(5-3-13)20-17(24)16-10-15(21-22-16)12-6-8-18-9-7-12/h2-9,15-16,21-22H,10H2,1H3,(H,19,23)(H,20,24). The van der Waals surface area contributed by atoms with Crippen molar-refractivity contribution < 1.29 is 9.59 Å². The van der Waals surface area contributed by atoms with Gasteiger partial charge < -0.3 is 10.6 Å². The van der Waals surface area contributed by atoms with Crippen molar-refractivity contribution in [3.8, 4) is 0 Å². The van der Waals surface area contributed by atoms with Crippen LogP contribution in [0.1, 0.15) is 24.9 Å². The average molecular weight is 325 g/mol. The van der Waals surface area contributed by atoms with E-state index in [1.165, 1.54) is 6.92 Å². The first kappa shape index (κ1) is 16.1. The van der Waals surface area contributed by atoms with Crippen molar-refractivity contribution >= 4 is 23.2 Å². The predicted octanol–water partition coefficient (Wildman–Crippen LogP) is 1.59. The molecule has 2 amide bonds. The maximum atomic E-state index is 12.4. The second kappa shape index (κ2) is 7.20. The van der Waals surface area contributed by atoms with E-state index in [1.807, 2.05) is 12.1 Å². The maximum Gasteiger partial charge on any atom is 0.242 e. The van der Waals surface area contributed by atoms with Gasteiger partial charge in [-0.1, -0.05) is 0 Å². The zero-order valence-electron chi connectivity index (χ0n) is 13.2. The van der Waals surface area contributed by atoms with Crippen LogP contribution in [-0.2, 0) is 9.59 Å². The van der Waals surface area contributed by atoms with Gasteiger partial charge in [-0.25, -0.2) is 10.9 Å². The molecule has 1 aromatic carbocycles. The van der Waals surface area contributed by atoms with E-state index in [0.29, 0.717) is 17.8 Å². The normalized spacial score (nSPS) is 19.7. The molecule has 0 radical (unpaired) electrons. The lowest BCUT2D eigenvalue weighted by Crippen LogP contribution is -2.39. The fourth-order valence-electron chi connectivity index (χ4n) is 2.61. The van der Waals surface area contributed by atoms with Gasteiger partial charge >= 0.3 is 0 Å². The minimum Gasteiger partial charge on any atom is -0.326 e. The van der Waals surface area contributed by atoms with Gasteiger partial charge in [0.15, 0.2) is 0 Å². The summed E-state index contributed by atoms with van der Waals surface area (Å²) in [5.41, 5.74) is 8.62. The van der Waals surface area contributed by atoms with Crippen LogP contribution in [0.2, 0.25) is 0 Å². The Hall–Kier alpha value is -2.77. The summed E-state index contributed by atoms with van der Waals surface area (Å²) in [4.78, 5) is 27.4. The number of benzene rings is 1. The highest BCUT2D eigenvalue weighted by Gasteiger charge is 2.30. The number of anilines is 2. The summed E-state index contributed by atoms with van der Waals surface area (Å²) in [7, 11) is 0. The molecule has 0 spiro atoms. The highest BCUT2D eigenvalue weighted by Crippen LogP contribution is 2.22. The third kappa shape index (κ3) is 3.95. The predicted molar refractivity (Wildman–Crippen MR) is 91.0 cm³/mol. The van der Waals surface area contributed by atoms with Crippen molar-refractivity contribution in [2.45, 2.75) is 25.4 Å². The van der Waals surface area contributed by atoms with Gasteiger partial charge in [-0.05, 0) is 48.4 Å².